The van der Waals surface area contributed by atoms with Gasteiger partial charge in [-0.3, -0.25) is 4.79 Å². The Bertz CT molecular complexity index is 1240. The number of aromatic nitrogens is 1. The third-order valence-corrected chi connectivity index (χ3v) is 6.47. The van der Waals surface area contributed by atoms with Crippen molar-refractivity contribution in [1.82, 2.24) is 9.88 Å². The Morgan fingerprint density at radius 2 is 1.76 bits per heavy atom. The van der Waals surface area contributed by atoms with Crippen LogP contribution in [0.25, 0.3) is 11.3 Å². The Balaban J connectivity index is 1.73. The molecular formula is C29H40N2O7. The molecule has 2 N–H and O–H groups in total. The number of nitrogens with zero attached hydrogens (tertiary/aromatic N) is 1. The summed E-state index contributed by atoms with van der Waals surface area (Å²) in [6.07, 6.45) is 4.19. The molecule has 3 rings (SSSR count). The molecule has 208 valence electrons. The number of benzene rings is 1. The largest absolute Gasteiger partial charge is 0.493 e. The third kappa shape index (κ3) is 7.08. The number of methoxy groups -OCH3 is 1. The van der Waals surface area contributed by atoms with Crippen LogP contribution in [-0.2, 0) is 11.2 Å². The molecule has 1 amide bonds. The van der Waals surface area contributed by atoms with Gasteiger partial charge in [-0.1, -0.05) is 20.8 Å². The summed E-state index contributed by atoms with van der Waals surface area (Å²) in [6.45, 7) is 12.8. The van der Waals surface area contributed by atoms with Crippen molar-refractivity contribution in [3.63, 3.8) is 0 Å². The van der Waals surface area contributed by atoms with Gasteiger partial charge in [-0.15, -0.1) is 0 Å². The summed E-state index contributed by atoms with van der Waals surface area (Å²) in [5, 5.41) is 12.3. The highest BCUT2D eigenvalue weighted by Crippen LogP contribution is 2.45. The Morgan fingerprint density at radius 3 is 2.37 bits per heavy atom. The van der Waals surface area contributed by atoms with E-state index in [1.165, 1.54) is 12.3 Å². The molecule has 1 unspecified atom stereocenters. The van der Waals surface area contributed by atoms with E-state index in [-0.39, 0.29) is 17.0 Å². The second-order valence-electron chi connectivity index (χ2n) is 11.7. The summed E-state index contributed by atoms with van der Waals surface area (Å²) >= 11 is 0. The number of amides is 1. The zero-order chi connectivity index (χ0) is 28.3. The number of rotatable bonds is 9. The Labute approximate surface area is 224 Å². The number of carboxylic acid groups (broad SMARTS) is 1. The molecule has 2 heterocycles. The number of unbranched alkanes of at least 4 members (excludes halogenated alkanes) is 2. The lowest BCUT2D eigenvalue weighted by atomic mass is 9.78. The summed E-state index contributed by atoms with van der Waals surface area (Å²) in [5.74, 6) is -0.0553. The van der Waals surface area contributed by atoms with Gasteiger partial charge in [0.2, 0.25) is 0 Å². The minimum Gasteiger partial charge on any atom is -0.493 e. The van der Waals surface area contributed by atoms with Crippen LogP contribution in [0.5, 0.6) is 11.5 Å². The second-order valence-corrected chi connectivity index (χ2v) is 11.7. The van der Waals surface area contributed by atoms with Crippen molar-refractivity contribution in [3.05, 3.63) is 45.7 Å². The van der Waals surface area contributed by atoms with Gasteiger partial charge >= 0.3 is 12.1 Å². The van der Waals surface area contributed by atoms with Crippen LogP contribution in [-0.4, -0.2) is 47.6 Å². The van der Waals surface area contributed by atoms with E-state index < -0.39 is 23.1 Å². The number of pyridine rings is 1. The number of fused-ring (bicyclic) bond motifs is 3. The lowest BCUT2D eigenvalue weighted by Crippen LogP contribution is -2.33. The molecule has 0 fully saturated rings. The van der Waals surface area contributed by atoms with Crippen molar-refractivity contribution in [3.8, 4) is 22.8 Å². The molecular weight excluding hydrogens is 488 g/mol. The normalized spacial score (nSPS) is 14.8. The van der Waals surface area contributed by atoms with Crippen molar-refractivity contribution in [2.24, 2.45) is 5.41 Å². The van der Waals surface area contributed by atoms with E-state index in [1.807, 2.05) is 37.5 Å². The van der Waals surface area contributed by atoms with Crippen LogP contribution in [0, 0.1) is 5.41 Å². The smallest absolute Gasteiger partial charge is 0.407 e. The number of hydrogen-bond donors (Lipinski definition) is 2. The number of carbonyl (C=O) groups excluding carboxylic acids is 1. The molecule has 9 nitrogen and oxygen atoms in total. The van der Waals surface area contributed by atoms with Gasteiger partial charge in [0.15, 0.2) is 16.9 Å². The predicted octanol–water partition coefficient (Wildman–Crippen LogP) is 5.44. The van der Waals surface area contributed by atoms with Crippen LogP contribution in [0.4, 0.5) is 4.79 Å². The molecule has 1 aliphatic heterocycles. The molecule has 2 aromatic rings. The summed E-state index contributed by atoms with van der Waals surface area (Å²) in [7, 11) is 1.57. The molecule has 1 atom stereocenters. The lowest BCUT2D eigenvalue weighted by molar-refractivity contribution is 0.0526. The highest BCUT2D eigenvalue weighted by atomic mass is 16.6. The van der Waals surface area contributed by atoms with Gasteiger partial charge < -0.3 is 29.2 Å². The maximum atomic E-state index is 12.6. The molecule has 0 saturated carbocycles. The highest BCUT2D eigenvalue weighted by Gasteiger charge is 2.34. The van der Waals surface area contributed by atoms with E-state index in [1.54, 1.807) is 7.11 Å². The van der Waals surface area contributed by atoms with Crippen LogP contribution in [0.2, 0.25) is 0 Å². The van der Waals surface area contributed by atoms with Gasteiger partial charge in [0.05, 0.1) is 19.4 Å². The zero-order valence-corrected chi connectivity index (χ0v) is 23.5. The lowest BCUT2D eigenvalue weighted by Gasteiger charge is -2.39. The molecule has 0 aliphatic carbocycles. The van der Waals surface area contributed by atoms with E-state index in [4.69, 9.17) is 14.2 Å². The molecule has 0 spiro atoms. The second kappa shape index (κ2) is 11.5. The van der Waals surface area contributed by atoms with E-state index in [2.05, 4.69) is 26.1 Å². The van der Waals surface area contributed by atoms with Gasteiger partial charge in [-0.05, 0) is 69.6 Å². The minimum absolute atomic E-state index is 0.0533. The van der Waals surface area contributed by atoms with E-state index in [0.29, 0.717) is 36.8 Å². The molecule has 1 aromatic heterocycles. The summed E-state index contributed by atoms with van der Waals surface area (Å²) in [6, 6.07) is 5.18. The predicted molar refractivity (Wildman–Crippen MR) is 145 cm³/mol. The van der Waals surface area contributed by atoms with Crippen molar-refractivity contribution in [1.29, 1.82) is 0 Å². The average molecular weight is 529 g/mol. The van der Waals surface area contributed by atoms with Gasteiger partial charge in [0, 0.05) is 30.4 Å². The fourth-order valence-corrected chi connectivity index (χ4v) is 4.59. The van der Waals surface area contributed by atoms with Crippen LogP contribution >= 0.6 is 0 Å². The number of nitrogens with one attached hydrogen (secondary N) is 1. The summed E-state index contributed by atoms with van der Waals surface area (Å²) < 4.78 is 18.8. The first-order valence-corrected chi connectivity index (χ1v) is 13.0. The van der Waals surface area contributed by atoms with Crippen LogP contribution < -0.4 is 20.2 Å². The highest BCUT2D eigenvalue weighted by molar-refractivity contribution is 5.88. The molecule has 1 aromatic carbocycles. The van der Waals surface area contributed by atoms with E-state index in [0.717, 1.165) is 30.4 Å². The van der Waals surface area contributed by atoms with Crippen molar-refractivity contribution < 1.29 is 28.9 Å². The average Bonchev–Trinajstić information content (AvgIpc) is 2.80. The fraction of sp³-hybridized carbons (Fsp3) is 0.552. The molecule has 0 bridgehead atoms. The first-order valence-electron chi connectivity index (χ1n) is 13.0. The summed E-state index contributed by atoms with van der Waals surface area (Å²) in [4.78, 5) is 36.0. The van der Waals surface area contributed by atoms with Gasteiger partial charge in [0.25, 0.3) is 0 Å². The Hall–Kier alpha value is -3.49. The first kappa shape index (κ1) is 29.1. The number of alkyl carbamates (subject to hydrolysis) is 1. The van der Waals surface area contributed by atoms with Crippen LogP contribution in [0.3, 0.4) is 0 Å². The maximum Gasteiger partial charge on any atom is 0.407 e. The molecule has 0 radical (unpaired) electrons. The standard InChI is InChI=1S/C29H40N2O7/c1-28(2,3)25-14-18-13-24(37-12-10-8-9-11-30-27(35)38-29(4,5)6)23(36-7)15-19(18)21-16-22(32)20(26(33)34)17-31(21)25/h13,15-17,25H,8-12,14H2,1-7H3,(H,30,35)(H,33,34). The Kier molecular flexibility index (Phi) is 8.79. The number of carboxylic acids is 1. The number of ether oxygens (including phenoxy) is 3. The van der Waals surface area contributed by atoms with Crippen molar-refractivity contribution >= 4 is 12.1 Å². The van der Waals surface area contributed by atoms with Crippen molar-refractivity contribution in [2.45, 2.75) is 78.9 Å². The third-order valence-electron chi connectivity index (χ3n) is 6.47. The monoisotopic (exact) mass is 528 g/mol. The summed E-state index contributed by atoms with van der Waals surface area (Å²) in [5.41, 5.74) is 1.05. The van der Waals surface area contributed by atoms with Crippen LogP contribution in [0.15, 0.2) is 29.2 Å². The molecule has 9 heteroatoms. The van der Waals surface area contributed by atoms with Crippen LogP contribution in [0.1, 0.15) is 82.8 Å². The first-order chi connectivity index (χ1) is 17.7. The molecule has 38 heavy (non-hydrogen) atoms. The van der Waals surface area contributed by atoms with Gasteiger partial charge in [-0.2, -0.15) is 0 Å². The Morgan fingerprint density at radius 1 is 1.05 bits per heavy atom. The topological polar surface area (TPSA) is 116 Å². The molecule has 1 aliphatic rings. The maximum absolute atomic E-state index is 12.6. The number of hydrogen-bond acceptors (Lipinski definition) is 6. The van der Waals surface area contributed by atoms with Crippen molar-refractivity contribution in [2.75, 3.05) is 20.3 Å². The zero-order valence-electron chi connectivity index (χ0n) is 23.5. The van der Waals surface area contributed by atoms with Gasteiger partial charge in [0.1, 0.15) is 11.2 Å². The number of carbonyl (C=O) groups is 2. The van der Waals surface area contributed by atoms with E-state index >= 15 is 0 Å². The molecule has 0 saturated heterocycles. The number of aromatic carboxylic acids is 1. The van der Waals surface area contributed by atoms with Gasteiger partial charge in [-0.25, -0.2) is 9.59 Å². The fourth-order valence-electron chi connectivity index (χ4n) is 4.59. The SMILES string of the molecule is COc1cc2c(cc1OCCCCCNC(=O)OC(C)(C)C)CC(C(C)(C)C)n1cc(C(=O)O)c(=O)cc1-2. The minimum atomic E-state index is -1.23. The van der Waals surface area contributed by atoms with E-state index in [9.17, 15) is 19.5 Å². The quantitative estimate of drug-likeness (QED) is 0.416.